The van der Waals surface area contributed by atoms with Gasteiger partial charge in [-0.2, -0.15) is 0 Å². The molecular formula is C18H20O3. The van der Waals surface area contributed by atoms with Crippen molar-refractivity contribution in [1.82, 2.24) is 0 Å². The van der Waals surface area contributed by atoms with Crippen LogP contribution in [-0.4, -0.2) is 13.1 Å². The van der Waals surface area contributed by atoms with E-state index in [4.69, 9.17) is 9.47 Å². The van der Waals surface area contributed by atoms with Gasteiger partial charge in [0.1, 0.15) is 11.5 Å². The van der Waals surface area contributed by atoms with Crippen molar-refractivity contribution >= 4 is 5.97 Å². The van der Waals surface area contributed by atoms with E-state index in [-0.39, 0.29) is 5.97 Å². The van der Waals surface area contributed by atoms with Gasteiger partial charge in [0.2, 0.25) is 0 Å². The van der Waals surface area contributed by atoms with Crippen LogP contribution in [0, 0.1) is 13.8 Å². The number of benzene rings is 2. The minimum absolute atomic E-state index is 0.298. The van der Waals surface area contributed by atoms with Crippen LogP contribution in [0.2, 0.25) is 0 Å². The number of rotatable bonds is 4. The molecule has 110 valence electrons. The molecular weight excluding hydrogens is 264 g/mol. The Morgan fingerprint density at radius 3 is 1.95 bits per heavy atom. The third-order valence-corrected chi connectivity index (χ3v) is 3.51. The van der Waals surface area contributed by atoms with Crippen molar-refractivity contribution in [2.75, 3.05) is 7.11 Å². The van der Waals surface area contributed by atoms with Gasteiger partial charge < -0.3 is 9.47 Å². The summed E-state index contributed by atoms with van der Waals surface area (Å²) in [4.78, 5) is 11.0. The minimum atomic E-state index is -0.298. The van der Waals surface area contributed by atoms with Crippen molar-refractivity contribution in [1.29, 1.82) is 0 Å². The second-order valence-corrected chi connectivity index (χ2v) is 5.15. The van der Waals surface area contributed by atoms with Gasteiger partial charge in [-0.25, -0.2) is 0 Å². The molecule has 2 aromatic carbocycles. The van der Waals surface area contributed by atoms with Crippen molar-refractivity contribution in [3.8, 4) is 11.5 Å². The van der Waals surface area contributed by atoms with Crippen LogP contribution < -0.4 is 9.47 Å². The average molecular weight is 284 g/mol. The summed E-state index contributed by atoms with van der Waals surface area (Å²) < 4.78 is 10.3. The summed E-state index contributed by atoms with van der Waals surface area (Å²) in [6.07, 6.45) is 0.849. The number of hydrogen-bond donors (Lipinski definition) is 0. The lowest BCUT2D eigenvalue weighted by Gasteiger charge is -2.11. The largest absolute Gasteiger partial charge is 0.497 e. The Labute approximate surface area is 125 Å². The molecule has 0 fully saturated rings. The molecule has 3 heteroatoms. The monoisotopic (exact) mass is 284 g/mol. The van der Waals surface area contributed by atoms with E-state index >= 15 is 0 Å². The van der Waals surface area contributed by atoms with Crippen molar-refractivity contribution in [3.63, 3.8) is 0 Å². The molecule has 0 unspecified atom stereocenters. The summed E-state index contributed by atoms with van der Waals surface area (Å²) in [7, 11) is 1.67. The highest BCUT2D eigenvalue weighted by Crippen LogP contribution is 2.23. The molecule has 0 aliphatic heterocycles. The van der Waals surface area contributed by atoms with Gasteiger partial charge in [0.15, 0.2) is 0 Å². The number of esters is 1. The quantitative estimate of drug-likeness (QED) is 0.632. The molecule has 2 aromatic rings. The summed E-state index contributed by atoms with van der Waals surface area (Å²) in [5.41, 5.74) is 4.81. The normalized spacial score (nSPS) is 10.3. The Balaban J connectivity index is 2.21. The van der Waals surface area contributed by atoms with E-state index in [1.807, 2.05) is 37.3 Å². The molecule has 0 heterocycles. The second kappa shape index (κ2) is 6.44. The van der Waals surface area contributed by atoms with E-state index in [0.29, 0.717) is 5.75 Å². The summed E-state index contributed by atoms with van der Waals surface area (Å²) in [5.74, 6) is 1.17. The van der Waals surface area contributed by atoms with Gasteiger partial charge in [0.05, 0.1) is 7.11 Å². The Morgan fingerprint density at radius 1 is 0.952 bits per heavy atom. The molecule has 3 nitrogen and oxygen atoms in total. The maximum atomic E-state index is 11.0. The van der Waals surface area contributed by atoms with Gasteiger partial charge in [-0.05, 0) is 66.8 Å². The first-order chi connectivity index (χ1) is 9.99. The molecule has 0 spiro atoms. The van der Waals surface area contributed by atoms with E-state index in [1.165, 1.54) is 23.6 Å². The first-order valence-corrected chi connectivity index (χ1v) is 6.91. The van der Waals surface area contributed by atoms with E-state index < -0.39 is 0 Å². The van der Waals surface area contributed by atoms with Gasteiger partial charge in [-0.1, -0.05) is 12.1 Å². The lowest BCUT2D eigenvalue weighted by atomic mass is 9.97. The second-order valence-electron chi connectivity index (χ2n) is 5.15. The van der Waals surface area contributed by atoms with Gasteiger partial charge in [0.25, 0.3) is 0 Å². The van der Waals surface area contributed by atoms with Crippen molar-refractivity contribution in [2.24, 2.45) is 0 Å². The van der Waals surface area contributed by atoms with Crippen molar-refractivity contribution < 1.29 is 14.3 Å². The van der Waals surface area contributed by atoms with E-state index in [1.54, 1.807) is 7.11 Å². The highest BCUT2D eigenvalue weighted by molar-refractivity contribution is 5.69. The SMILES string of the molecule is COc1ccc(Cc2ccc(OC(C)=O)cc2C)c(C)c1. The van der Waals surface area contributed by atoms with Crippen molar-refractivity contribution in [2.45, 2.75) is 27.2 Å². The number of hydrogen-bond acceptors (Lipinski definition) is 3. The molecule has 0 aliphatic carbocycles. The lowest BCUT2D eigenvalue weighted by molar-refractivity contribution is -0.131. The summed E-state index contributed by atoms with van der Waals surface area (Å²) in [6, 6.07) is 11.9. The van der Waals surface area contributed by atoms with Crippen LogP contribution in [0.4, 0.5) is 0 Å². The third kappa shape index (κ3) is 3.85. The molecule has 2 rings (SSSR count). The zero-order chi connectivity index (χ0) is 15.4. The molecule has 0 radical (unpaired) electrons. The van der Waals surface area contributed by atoms with Crippen LogP contribution in [0.25, 0.3) is 0 Å². The highest BCUT2D eigenvalue weighted by atomic mass is 16.5. The van der Waals surface area contributed by atoms with Crippen LogP contribution in [0.3, 0.4) is 0 Å². The van der Waals surface area contributed by atoms with Gasteiger partial charge in [-0.3, -0.25) is 4.79 Å². The lowest BCUT2D eigenvalue weighted by Crippen LogP contribution is -2.02. The maximum absolute atomic E-state index is 11.0. The van der Waals surface area contributed by atoms with Crippen LogP contribution in [0.5, 0.6) is 11.5 Å². The molecule has 0 aliphatic rings. The topological polar surface area (TPSA) is 35.5 Å². The maximum Gasteiger partial charge on any atom is 0.308 e. The fourth-order valence-corrected chi connectivity index (χ4v) is 2.30. The Kier molecular flexibility index (Phi) is 4.63. The molecule has 0 amide bonds. The van der Waals surface area contributed by atoms with Crippen LogP contribution in [-0.2, 0) is 11.2 Å². The standard InChI is InChI=1S/C18H20O3/c1-12-9-17(20-4)7-5-15(12)11-16-6-8-18(10-13(16)2)21-14(3)19/h5-10H,11H2,1-4H3. The molecule has 0 saturated heterocycles. The molecule has 0 bridgehead atoms. The van der Waals surface area contributed by atoms with Gasteiger partial charge in [0, 0.05) is 6.92 Å². The Hall–Kier alpha value is -2.29. The Morgan fingerprint density at radius 2 is 1.48 bits per heavy atom. The average Bonchev–Trinajstić information content (AvgIpc) is 2.43. The number of aryl methyl sites for hydroxylation is 2. The van der Waals surface area contributed by atoms with Gasteiger partial charge in [-0.15, -0.1) is 0 Å². The molecule has 0 aromatic heterocycles. The highest BCUT2D eigenvalue weighted by Gasteiger charge is 2.06. The number of carbonyl (C=O) groups excluding carboxylic acids is 1. The zero-order valence-electron chi connectivity index (χ0n) is 12.9. The molecule has 0 saturated carbocycles. The fourth-order valence-electron chi connectivity index (χ4n) is 2.30. The smallest absolute Gasteiger partial charge is 0.308 e. The first kappa shape index (κ1) is 15.1. The summed E-state index contributed by atoms with van der Waals surface area (Å²) in [5, 5.41) is 0. The summed E-state index contributed by atoms with van der Waals surface area (Å²) in [6.45, 7) is 5.52. The molecule has 0 atom stereocenters. The van der Waals surface area contributed by atoms with Crippen LogP contribution >= 0.6 is 0 Å². The van der Waals surface area contributed by atoms with Crippen LogP contribution in [0.1, 0.15) is 29.2 Å². The number of carbonyl (C=O) groups is 1. The Bertz CT molecular complexity index is 660. The predicted molar refractivity (Wildman–Crippen MR) is 83.0 cm³/mol. The molecule has 21 heavy (non-hydrogen) atoms. The zero-order valence-corrected chi connectivity index (χ0v) is 12.9. The summed E-state index contributed by atoms with van der Waals surface area (Å²) >= 11 is 0. The van der Waals surface area contributed by atoms with Gasteiger partial charge >= 0.3 is 5.97 Å². The fraction of sp³-hybridized carbons (Fsp3) is 0.278. The van der Waals surface area contributed by atoms with Crippen molar-refractivity contribution in [3.05, 3.63) is 58.7 Å². The predicted octanol–water partition coefficient (Wildman–Crippen LogP) is 3.83. The van der Waals surface area contributed by atoms with E-state index in [2.05, 4.69) is 13.0 Å². The first-order valence-electron chi connectivity index (χ1n) is 6.91. The van der Waals surface area contributed by atoms with E-state index in [9.17, 15) is 4.79 Å². The van der Waals surface area contributed by atoms with E-state index in [0.717, 1.165) is 17.7 Å². The number of methoxy groups -OCH3 is 1. The number of ether oxygens (including phenoxy) is 2. The minimum Gasteiger partial charge on any atom is -0.497 e. The van der Waals surface area contributed by atoms with Crippen LogP contribution in [0.15, 0.2) is 36.4 Å². The molecule has 0 N–H and O–H groups in total. The third-order valence-electron chi connectivity index (χ3n) is 3.51.